The fourth-order valence-electron chi connectivity index (χ4n) is 3.87. The van der Waals surface area contributed by atoms with Crippen molar-refractivity contribution in [2.75, 3.05) is 12.0 Å². The second kappa shape index (κ2) is 8.59. The summed E-state index contributed by atoms with van der Waals surface area (Å²) in [4.78, 5) is 27.6. The van der Waals surface area contributed by atoms with Gasteiger partial charge in [0, 0.05) is 11.3 Å². The van der Waals surface area contributed by atoms with E-state index in [0.29, 0.717) is 22.6 Å². The van der Waals surface area contributed by atoms with Crippen molar-refractivity contribution in [3.63, 3.8) is 0 Å². The third kappa shape index (κ3) is 3.71. The summed E-state index contributed by atoms with van der Waals surface area (Å²) in [6.45, 7) is 2.03. The zero-order chi connectivity index (χ0) is 22.8. The molecule has 1 fully saturated rings. The molecule has 6 heteroatoms. The van der Waals surface area contributed by atoms with E-state index in [1.54, 1.807) is 55.6 Å². The minimum absolute atomic E-state index is 0.000700. The lowest BCUT2D eigenvalue weighted by Crippen LogP contribution is -2.29. The summed E-state index contributed by atoms with van der Waals surface area (Å²) in [6, 6.07) is 19.4. The van der Waals surface area contributed by atoms with Gasteiger partial charge in [0.2, 0.25) is 0 Å². The monoisotopic (exact) mass is 429 g/mol. The fourth-order valence-corrected chi connectivity index (χ4v) is 3.87. The second-order valence-electron chi connectivity index (χ2n) is 7.51. The SMILES string of the molecule is CCc1ccc(/C(O)=C2\C(=O)C(=O)N(c3ccc(OC)cc3)C2c2ccc(O)cc2)cc1. The number of ketones is 1. The molecule has 32 heavy (non-hydrogen) atoms. The number of aromatic hydroxyl groups is 1. The number of aliphatic hydroxyl groups excluding tert-OH is 1. The van der Waals surface area contributed by atoms with Crippen LogP contribution in [0.25, 0.3) is 5.76 Å². The van der Waals surface area contributed by atoms with Crippen LogP contribution in [0.3, 0.4) is 0 Å². The van der Waals surface area contributed by atoms with Crippen molar-refractivity contribution in [1.82, 2.24) is 0 Å². The molecule has 1 amide bonds. The number of hydrogen-bond acceptors (Lipinski definition) is 5. The first-order valence-electron chi connectivity index (χ1n) is 10.3. The molecule has 0 saturated carbocycles. The smallest absolute Gasteiger partial charge is 0.300 e. The van der Waals surface area contributed by atoms with Gasteiger partial charge in [0.25, 0.3) is 11.7 Å². The number of methoxy groups -OCH3 is 1. The largest absolute Gasteiger partial charge is 0.508 e. The number of carbonyl (C=O) groups excluding carboxylic acids is 2. The Labute approximate surface area is 186 Å². The van der Waals surface area contributed by atoms with Gasteiger partial charge in [0.1, 0.15) is 17.3 Å². The van der Waals surface area contributed by atoms with Crippen LogP contribution < -0.4 is 9.64 Å². The molecule has 0 spiro atoms. The van der Waals surface area contributed by atoms with Crippen molar-refractivity contribution in [2.24, 2.45) is 0 Å². The molecule has 0 aromatic heterocycles. The van der Waals surface area contributed by atoms with Gasteiger partial charge in [-0.25, -0.2) is 0 Å². The molecule has 1 unspecified atom stereocenters. The minimum atomic E-state index is -0.852. The summed E-state index contributed by atoms with van der Waals surface area (Å²) in [5.74, 6) is -1.07. The number of ether oxygens (including phenoxy) is 1. The zero-order valence-corrected chi connectivity index (χ0v) is 17.8. The lowest BCUT2D eigenvalue weighted by Gasteiger charge is -2.25. The van der Waals surface area contributed by atoms with E-state index in [1.807, 2.05) is 19.1 Å². The number of aliphatic hydroxyl groups is 1. The molecular weight excluding hydrogens is 406 g/mol. The third-order valence-corrected chi connectivity index (χ3v) is 5.64. The summed E-state index contributed by atoms with van der Waals surface area (Å²) >= 11 is 0. The van der Waals surface area contributed by atoms with Gasteiger partial charge in [0.05, 0.1) is 18.7 Å². The van der Waals surface area contributed by atoms with E-state index in [0.717, 1.165) is 12.0 Å². The van der Waals surface area contributed by atoms with E-state index in [2.05, 4.69) is 0 Å². The number of rotatable bonds is 5. The van der Waals surface area contributed by atoms with E-state index < -0.39 is 17.7 Å². The number of nitrogens with zero attached hydrogens (tertiary/aromatic N) is 1. The van der Waals surface area contributed by atoms with E-state index in [4.69, 9.17) is 4.74 Å². The van der Waals surface area contributed by atoms with Gasteiger partial charge in [-0.05, 0) is 53.9 Å². The summed E-state index contributed by atoms with van der Waals surface area (Å²) in [5, 5.41) is 20.8. The van der Waals surface area contributed by atoms with E-state index in [-0.39, 0.29) is 17.1 Å². The molecule has 1 aliphatic heterocycles. The highest BCUT2D eigenvalue weighted by Crippen LogP contribution is 2.42. The Bertz CT molecular complexity index is 1180. The van der Waals surface area contributed by atoms with Crippen LogP contribution in [0.15, 0.2) is 78.4 Å². The average molecular weight is 429 g/mol. The van der Waals surface area contributed by atoms with Gasteiger partial charge < -0.3 is 14.9 Å². The number of phenolic OH excluding ortho intramolecular Hbond substituents is 1. The van der Waals surface area contributed by atoms with E-state index in [1.165, 1.54) is 17.0 Å². The Morgan fingerprint density at radius 1 is 0.938 bits per heavy atom. The minimum Gasteiger partial charge on any atom is -0.508 e. The third-order valence-electron chi connectivity index (χ3n) is 5.64. The summed E-state index contributed by atoms with van der Waals surface area (Å²) in [6.07, 6.45) is 0.844. The van der Waals surface area contributed by atoms with Gasteiger partial charge in [0.15, 0.2) is 0 Å². The van der Waals surface area contributed by atoms with Crippen LogP contribution in [0.2, 0.25) is 0 Å². The first-order valence-corrected chi connectivity index (χ1v) is 10.3. The van der Waals surface area contributed by atoms with Crippen LogP contribution in [-0.4, -0.2) is 29.0 Å². The fraction of sp³-hybridized carbons (Fsp3) is 0.154. The van der Waals surface area contributed by atoms with Crippen LogP contribution >= 0.6 is 0 Å². The van der Waals surface area contributed by atoms with Crippen molar-refractivity contribution in [2.45, 2.75) is 19.4 Å². The van der Waals surface area contributed by atoms with Crippen LogP contribution in [-0.2, 0) is 16.0 Å². The molecule has 0 bridgehead atoms. The molecule has 2 N–H and O–H groups in total. The molecule has 6 nitrogen and oxygen atoms in total. The average Bonchev–Trinajstić information content (AvgIpc) is 3.09. The predicted octanol–water partition coefficient (Wildman–Crippen LogP) is 4.59. The standard InChI is InChI=1S/C26H23NO5/c1-3-16-4-6-18(7-5-16)24(29)22-23(17-8-12-20(28)13-9-17)27(26(31)25(22)30)19-10-14-21(32-2)15-11-19/h4-15,23,28-29H,3H2,1-2H3/b24-22+. The Morgan fingerprint density at radius 3 is 2.12 bits per heavy atom. The zero-order valence-electron chi connectivity index (χ0n) is 17.8. The molecule has 1 saturated heterocycles. The highest BCUT2D eigenvalue weighted by molar-refractivity contribution is 6.51. The Balaban J connectivity index is 1.89. The lowest BCUT2D eigenvalue weighted by atomic mass is 9.94. The summed E-state index contributed by atoms with van der Waals surface area (Å²) in [5.41, 5.74) is 2.63. The van der Waals surface area contributed by atoms with E-state index >= 15 is 0 Å². The highest BCUT2D eigenvalue weighted by Gasteiger charge is 2.46. The molecule has 162 valence electrons. The van der Waals surface area contributed by atoms with Crippen molar-refractivity contribution < 1.29 is 24.5 Å². The Hall–Kier alpha value is -4.06. The Kier molecular flexibility index (Phi) is 5.69. The molecule has 1 atom stereocenters. The summed E-state index contributed by atoms with van der Waals surface area (Å²) < 4.78 is 5.19. The predicted molar refractivity (Wildman–Crippen MR) is 122 cm³/mol. The molecule has 0 aliphatic carbocycles. The molecule has 4 rings (SSSR count). The van der Waals surface area contributed by atoms with Crippen LogP contribution in [0.4, 0.5) is 5.69 Å². The maximum absolute atomic E-state index is 13.1. The molecule has 3 aromatic carbocycles. The van der Waals surface area contributed by atoms with Gasteiger partial charge >= 0.3 is 0 Å². The number of carbonyl (C=O) groups is 2. The number of hydrogen-bond donors (Lipinski definition) is 2. The lowest BCUT2D eigenvalue weighted by molar-refractivity contribution is -0.132. The van der Waals surface area contributed by atoms with Crippen molar-refractivity contribution in [1.29, 1.82) is 0 Å². The van der Waals surface area contributed by atoms with Crippen molar-refractivity contribution in [3.8, 4) is 11.5 Å². The van der Waals surface area contributed by atoms with Crippen LogP contribution in [0.5, 0.6) is 11.5 Å². The molecule has 3 aromatic rings. The Morgan fingerprint density at radius 2 is 1.56 bits per heavy atom. The maximum atomic E-state index is 13.1. The maximum Gasteiger partial charge on any atom is 0.300 e. The molecule has 0 radical (unpaired) electrons. The van der Waals surface area contributed by atoms with Gasteiger partial charge in [-0.3, -0.25) is 14.5 Å². The van der Waals surface area contributed by atoms with Crippen molar-refractivity contribution in [3.05, 3.63) is 95.1 Å². The first kappa shape index (κ1) is 21.2. The summed E-state index contributed by atoms with van der Waals surface area (Å²) in [7, 11) is 1.54. The number of anilines is 1. The van der Waals surface area contributed by atoms with Gasteiger partial charge in [-0.15, -0.1) is 0 Å². The second-order valence-corrected chi connectivity index (χ2v) is 7.51. The van der Waals surface area contributed by atoms with Crippen LogP contribution in [0, 0.1) is 0 Å². The highest BCUT2D eigenvalue weighted by atomic mass is 16.5. The van der Waals surface area contributed by atoms with Crippen molar-refractivity contribution >= 4 is 23.1 Å². The number of benzene rings is 3. The molecule has 1 aliphatic rings. The van der Waals surface area contributed by atoms with Gasteiger partial charge in [-0.1, -0.05) is 43.3 Å². The quantitative estimate of drug-likeness (QED) is 0.352. The number of phenols is 1. The number of amides is 1. The topological polar surface area (TPSA) is 87.1 Å². The van der Waals surface area contributed by atoms with Gasteiger partial charge in [-0.2, -0.15) is 0 Å². The first-order chi connectivity index (χ1) is 15.4. The molecular formula is C26H23NO5. The molecule has 1 heterocycles. The normalized spacial score (nSPS) is 17.6. The number of Topliss-reactive ketones (excluding diaryl/α,β-unsaturated/α-hetero) is 1. The van der Waals surface area contributed by atoms with Crippen LogP contribution in [0.1, 0.15) is 29.7 Å². The van der Waals surface area contributed by atoms with E-state index in [9.17, 15) is 19.8 Å². The number of aryl methyl sites for hydroxylation is 1.